The van der Waals surface area contributed by atoms with Gasteiger partial charge in [-0.15, -0.1) is 0 Å². The van der Waals surface area contributed by atoms with Crippen LogP contribution in [-0.4, -0.2) is 49.1 Å². The van der Waals surface area contributed by atoms with Crippen LogP contribution in [0.25, 0.3) is 0 Å². The van der Waals surface area contributed by atoms with Crippen LogP contribution in [-0.2, 0) is 14.8 Å². The number of rotatable bonds is 5. The van der Waals surface area contributed by atoms with E-state index in [0.29, 0.717) is 19.7 Å². The number of alkyl halides is 1. The van der Waals surface area contributed by atoms with E-state index in [-0.39, 0.29) is 11.4 Å². The van der Waals surface area contributed by atoms with E-state index in [1.165, 1.54) is 0 Å². The Balaban J connectivity index is 1.80. The lowest BCUT2D eigenvalue weighted by atomic mass is 10.1. The van der Waals surface area contributed by atoms with Gasteiger partial charge in [0.2, 0.25) is 10.0 Å². The molecule has 1 heterocycles. The predicted molar refractivity (Wildman–Crippen MR) is 66.3 cm³/mol. The van der Waals surface area contributed by atoms with Crippen molar-refractivity contribution < 1.29 is 13.2 Å². The number of nitrogens with zero attached hydrogens (tertiary/aromatic N) is 1. The average Bonchev–Trinajstić information content (AvgIpc) is 3.11. The first-order valence-electron chi connectivity index (χ1n) is 5.81. The van der Waals surface area contributed by atoms with E-state index < -0.39 is 10.0 Å². The van der Waals surface area contributed by atoms with Crippen molar-refractivity contribution >= 4 is 26.0 Å². The van der Waals surface area contributed by atoms with Crippen LogP contribution >= 0.6 is 15.9 Å². The summed E-state index contributed by atoms with van der Waals surface area (Å²) in [6.45, 7) is 1.97. The summed E-state index contributed by atoms with van der Waals surface area (Å²) in [5.74, 6) is 0. The Morgan fingerprint density at radius 2 is 1.81 bits per heavy atom. The van der Waals surface area contributed by atoms with Gasteiger partial charge in [0, 0.05) is 18.4 Å². The second-order valence-electron chi connectivity index (χ2n) is 4.40. The van der Waals surface area contributed by atoms with Crippen LogP contribution in [0.5, 0.6) is 0 Å². The van der Waals surface area contributed by atoms with Crippen LogP contribution < -0.4 is 0 Å². The van der Waals surface area contributed by atoms with Gasteiger partial charge >= 0.3 is 0 Å². The molecule has 94 valence electrons. The minimum absolute atomic E-state index is 0.0764. The highest BCUT2D eigenvalue weighted by atomic mass is 79.9. The van der Waals surface area contributed by atoms with Crippen LogP contribution in [0, 0.1) is 0 Å². The summed E-state index contributed by atoms with van der Waals surface area (Å²) in [7, 11) is -2.96. The second kappa shape index (κ2) is 5.33. The molecule has 16 heavy (non-hydrogen) atoms. The summed E-state index contributed by atoms with van der Waals surface area (Å²) in [5, 5.41) is 0.764. The standard InChI is InChI=1S/C10H18BrNO3S/c11-5-8-15-9-3-6-12(7-4-9)16(13,14)10-1-2-10/h9-10H,1-8H2. The highest BCUT2D eigenvalue weighted by Gasteiger charge is 2.41. The van der Waals surface area contributed by atoms with Crippen LogP contribution in [0.1, 0.15) is 25.7 Å². The van der Waals surface area contributed by atoms with E-state index in [1.54, 1.807) is 4.31 Å². The van der Waals surface area contributed by atoms with Crippen molar-refractivity contribution in [3.63, 3.8) is 0 Å². The molecule has 0 bridgehead atoms. The molecule has 2 aliphatic rings. The van der Waals surface area contributed by atoms with Crippen molar-refractivity contribution in [2.45, 2.75) is 37.0 Å². The Kier molecular flexibility index (Phi) is 4.26. The van der Waals surface area contributed by atoms with Crippen molar-refractivity contribution in [2.24, 2.45) is 0 Å². The molecule has 1 aliphatic carbocycles. The van der Waals surface area contributed by atoms with E-state index in [0.717, 1.165) is 31.0 Å². The highest BCUT2D eigenvalue weighted by molar-refractivity contribution is 9.09. The van der Waals surface area contributed by atoms with Gasteiger partial charge in [0.25, 0.3) is 0 Å². The van der Waals surface area contributed by atoms with Gasteiger partial charge in [-0.3, -0.25) is 0 Å². The Labute approximate surface area is 106 Å². The highest BCUT2D eigenvalue weighted by Crippen LogP contribution is 2.32. The van der Waals surface area contributed by atoms with Crippen molar-refractivity contribution in [3.05, 3.63) is 0 Å². The second-order valence-corrected chi connectivity index (χ2v) is 7.41. The van der Waals surface area contributed by atoms with Gasteiger partial charge in [-0.1, -0.05) is 15.9 Å². The zero-order valence-electron chi connectivity index (χ0n) is 9.27. The molecular weight excluding hydrogens is 294 g/mol. The smallest absolute Gasteiger partial charge is 0.216 e. The summed E-state index contributed by atoms with van der Waals surface area (Å²) in [6.07, 6.45) is 3.60. The first kappa shape index (κ1) is 12.8. The molecule has 1 saturated carbocycles. The van der Waals surface area contributed by atoms with Gasteiger partial charge in [-0.2, -0.15) is 0 Å². The summed E-state index contributed by atoms with van der Waals surface area (Å²) < 4.78 is 31.1. The van der Waals surface area contributed by atoms with Crippen molar-refractivity contribution in [2.75, 3.05) is 25.0 Å². The maximum absolute atomic E-state index is 11.9. The molecule has 1 saturated heterocycles. The van der Waals surface area contributed by atoms with Gasteiger partial charge in [0.1, 0.15) is 0 Å². The van der Waals surface area contributed by atoms with Gasteiger partial charge in [0.05, 0.1) is 18.0 Å². The van der Waals surface area contributed by atoms with Gasteiger partial charge in [-0.05, 0) is 25.7 Å². The third-order valence-corrected chi connectivity index (χ3v) is 5.86. The Bertz CT molecular complexity index is 321. The average molecular weight is 312 g/mol. The quantitative estimate of drug-likeness (QED) is 0.720. The summed E-state index contributed by atoms with van der Waals surface area (Å²) in [4.78, 5) is 0. The Hall–Kier alpha value is 0.350. The van der Waals surface area contributed by atoms with E-state index in [9.17, 15) is 8.42 Å². The molecular formula is C10H18BrNO3S. The van der Waals surface area contributed by atoms with E-state index in [1.807, 2.05) is 0 Å². The fourth-order valence-electron chi connectivity index (χ4n) is 2.04. The molecule has 2 fully saturated rings. The normalized spacial score (nSPS) is 24.8. The largest absolute Gasteiger partial charge is 0.377 e. The number of halogens is 1. The summed E-state index contributed by atoms with van der Waals surface area (Å²) >= 11 is 3.32. The molecule has 0 aromatic rings. The van der Waals surface area contributed by atoms with Crippen molar-refractivity contribution in [1.82, 2.24) is 4.31 Å². The first-order chi connectivity index (χ1) is 7.64. The lowest BCUT2D eigenvalue weighted by Gasteiger charge is -2.31. The van der Waals surface area contributed by atoms with Crippen LogP contribution in [0.4, 0.5) is 0 Å². The molecule has 4 nitrogen and oxygen atoms in total. The lowest BCUT2D eigenvalue weighted by molar-refractivity contribution is 0.0309. The monoisotopic (exact) mass is 311 g/mol. The third kappa shape index (κ3) is 2.97. The number of hydrogen-bond donors (Lipinski definition) is 0. The molecule has 0 unspecified atom stereocenters. The molecule has 0 atom stereocenters. The van der Waals surface area contributed by atoms with Gasteiger partial charge in [0.15, 0.2) is 0 Å². The summed E-state index contributed by atoms with van der Waals surface area (Å²) in [6, 6.07) is 0. The molecule has 0 amide bonds. The Morgan fingerprint density at radius 1 is 1.19 bits per heavy atom. The van der Waals surface area contributed by atoms with Crippen LogP contribution in [0.15, 0.2) is 0 Å². The molecule has 2 rings (SSSR count). The van der Waals surface area contributed by atoms with Crippen LogP contribution in [0.3, 0.4) is 0 Å². The van der Waals surface area contributed by atoms with E-state index in [4.69, 9.17) is 4.74 Å². The molecule has 0 radical (unpaired) electrons. The van der Waals surface area contributed by atoms with E-state index >= 15 is 0 Å². The molecule has 0 aromatic heterocycles. The molecule has 0 N–H and O–H groups in total. The van der Waals surface area contributed by atoms with Crippen LogP contribution in [0.2, 0.25) is 0 Å². The topological polar surface area (TPSA) is 46.6 Å². The van der Waals surface area contributed by atoms with Crippen molar-refractivity contribution in [3.8, 4) is 0 Å². The van der Waals surface area contributed by atoms with E-state index in [2.05, 4.69) is 15.9 Å². The maximum atomic E-state index is 11.9. The number of hydrogen-bond acceptors (Lipinski definition) is 3. The minimum atomic E-state index is -2.96. The molecule has 0 aromatic carbocycles. The fourth-order valence-corrected chi connectivity index (χ4v) is 4.10. The number of piperidine rings is 1. The molecule has 0 spiro atoms. The SMILES string of the molecule is O=S(=O)(C1CC1)N1CCC(OCCBr)CC1. The van der Waals surface area contributed by atoms with Gasteiger partial charge in [-0.25, -0.2) is 12.7 Å². The minimum Gasteiger partial charge on any atom is -0.377 e. The molecule has 1 aliphatic heterocycles. The van der Waals surface area contributed by atoms with Crippen molar-refractivity contribution in [1.29, 1.82) is 0 Å². The number of sulfonamides is 1. The van der Waals surface area contributed by atoms with Gasteiger partial charge < -0.3 is 4.74 Å². The molecule has 6 heteroatoms. The Morgan fingerprint density at radius 3 is 2.31 bits per heavy atom. The lowest BCUT2D eigenvalue weighted by Crippen LogP contribution is -2.42. The fraction of sp³-hybridized carbons (Fsp3) is 1.00. The number of ether oxygens (including phenoxy) is 1. The predicted octanol–water partition coefficient (Wildman–Crippen LogP) is 1.35. The third-order valence-electron chi connectivity index (χ3n) is 3.14. The zero-order chi connectivity index (χ0) is 11.6. The first-order valence-corrected chi connectivity index (χ1v) is 8.43. The summed E-state index contributed by atoms with van der Waals surface area (Å²) in [5.41, 5.74) is 0. The zero-order valence-corrected chi connectivity index (χ0v) is 11.7. The maximum Gasteiger partial charge on any atom is 0.216 e.